The summed E-state index contributed by atoms with van der Waals surface area (Å²) in [4.78, 5) is 4.34. The lowest BCUT2D eigenvalue weighted by Crippen LogP contribution is -2.42. The van der Waals surface area contributed by atoms with Gasteiger partial charge in [-0.05, 0) is 52.6 Å². The number of aromatic nitrogens is 1. The molecule has 0 radical (unpaired) electrons. The summed E-state index contributed by atoms with van der Waals surface area (Å²) >= 11 is 0. The molecule has 1 N–H and O–H groups in total. The molecule has 2 atom stereocenters. The Balaban J connectivity index is 3.41. The van der Waals surface area contributed by atoms with Crippen LogP contribution in [0.1, 0.15) is 101 Å². The van der Waals surface area contributed by atoms with Crippen molar-refractivity contribution in [2.75, 3.05) is 0 Å². The minimum atomic E-state index is -4.24. The molecule has 4 nitrogen and oxygen atoms in total. The lowest BCUT2D eigenvalue weighted by molar-refractivity contribution is 0.0179. The molecule has 1 heterocycles. The first-order valence-electron chi connectivity index (χ1n) is 10.6. The summed E-state index contributed by atoms with van der Waals surface area (Å²) in [7, 11) is -4.24. The molecule has 29 heavy (non-hydrogen) atoms. The van der Waals surface area contributed by atoms with Gasteiger partial charge in [0.2, 0.25) is 0 Å². The maximum absolute atomic E-state index is 11.4. The fourth-order valence-corrected chi connectivity index (χ4v) is 4.32. The average molecular weight is 426 g/mol. The molecule has 5 heteroatoms. The van der Waals surface area contributed by atoms with E-state index in [1.54, 1.807) is 6.07 Å². The van der Waals surface area contributed by atoms with Gasteiger partial charge in [-0.3, -0.25) is 9.54 Å². The van der Waals surface area contributed by atoms with Crippen molar-refractivity contribution in [3.8, 4) is 0 Å². The van der Waals surface area contributed by atoms with Gasteiger partial charge in [-0.1, -0.05) is 76.2 Å². The van der Waals surface area contributed by atoms with Gasteiger partial charge in [0.25, 0.3) is 10.1 Å². The molecule has 0 aliphatic carbocycles. The van der Waals surface area contributed by atoms with Crippen LogP contribution in [0, 0.1) is 27.6 Å². The van der Waals surface area contributed by atoms with Crippen molar-refractivity contribution in [3.63, 3.8) is 0 Å². The van der Waals surface area contributed by atoms with E-state index in [2.05, 4.69) is 81.1 Å². The summed E-state index contributed by atoms with van der Waals surface area (Å²) in [6.45, 7) is 25.2. The number of hydrogen-bond donors (Lipinski definition) is 1. The zero-order valence-corrected chi connectivity index (χ0v) is 21.2. The second-order valence-electron chi connectivity index (χ2n) is 12.3. The molecule has 2 unspecified atom stereocenters. The molecule has 0 bridgehead atoms. The molecular weight excluding hydrogens is 382 g/mol. The highest BCUT2D eigenvalue weighted by Crippen LogP contribution is 2.55. The van der Waals surface area contributed by atoms with Gasteiger partial charge < -0.3 is 0 Å². The SMILES string of the molecule is CC(CC(C)(C)C(C)(C)C(CC(C)(C)C)c1ccc(S(=O)(=O)O)cn1)C(C)(C)C. The van der Waals surface area contributed by atoms with Crippen molar-refractivity contribution >= 4 is 10.1 Å². The monoisotopic (exact) mass is 425 g/mol. The summed E-state index contributed by atoms with van der Waals surface area (Å²) < 4.78 is 32.2. The molecule has 0 aromatic carbocycles. The van der Waals surface area contributed by atoms with E-state index in [1.807, 2.05) is 0 Å². The molecule has 0 amide bonds. The highest BCUT2D eigenvalue weighted by molar-refractivity contribution is 7.85. The Labute approximate surface area is 179 Å². The molecule has 0 saturated heterocycles. The molecule has 1 aromatic heterocycles. The minimum absolute atomic E-state index is 0.0407. The van der Waals surface area contributed by atoms with E-state index in [9.17, 15) is 13.0 Å². The van der Waals surface area contributed by atoms with Crippen molar-refractivity contribution < 1.29 is 13.0 Å². The Bertz CT molecular complexity index is 779. The largest absolute Gasteiger partial charge is 0.296 e. The van der Waals surface area contributed by atoms with Crippen LogP contribution in [0.4, 0.5) is 0 Å². The maximum Gasteiger partial charge on any atom is 0.296 e. The molecular formula is C24H43NO3S. The van der Waals surface area contributed by atoms with Crippen LogP contribution in [-0.2, 0) is 10.1 Å². The highest BCUT2D eigenvalue weighted by atomic mass is 32.2. The Kier molecular flexibility index (Phi) is 7.47. The Hall–Kier alpha value is -0.940. The Morgan fingerprint density at radius 3 is 1.79 bits per heavy atom. The van der Waals surface area contributed by atoms with Crippen molar-refractivity contribution in [1.82, 2.24) is 4.98 Å². The van der Waals surface area contributed by atoms with Crippen molar-refractivity contribution in [1.29, 1.82) is 0 Å². The van der Waals surface area contributed by atoms with E-state index in [1.165, 1.54) is 12.3 Å². The summed E-state index contributed by atoms with van der Waals surface area (Å²) in [5.74, 6) is 0.710. The van der Waals surface area contributed by atoms with Crippen LogP contribution >= 0.6 is 0 Å². The smallest absolute Gasteiger partial charge is 0.282 e. The van der Waals surface area contributed by atoms with Gasteiger partial charge in [-0.2, -0.15) is 8.42 Å². The summed E-state index contributed by atoms with van der Waals surface area (Å²) in [6.07, 6.45) is 3.31. The average Bonchev–Trinajstić information content (AvgIpc) is 2.49. The van der Waals surface area contributed by atoms with Crippen LogP contribution in [0.15, 0.2) is 23.2 Å². The minimum Gasteiger partial charge on any atom is -0.282 e. The van der Waals surface area contributed by atoms with E-state index in [-0.39, 0.29) is 32.5 Å². The molecule has 168 valence electrons. The number of nitrogens with zero attached hydrogens (tertiary/aromatic N) is 1. The van der Waals surface area contributed by atoms with Gasteiger partial charge in [-0.25, -0.2) is 0 Å². The van der Waals surface area contributed by atoms with Gasteiger partial charge in [0, 0.05) is 17.8 Å². The standard InChI is InChI=1S/C24H43NO3S/c1-17(22(5,6)7)14-23(8,9)24(10,11)19(15-21(2,3)4)20-13-12-18(16-25-20)29(26,27)28/h12-13,16-17,19H,14-15H2,1-11H3,(H,26,27,28). The van der Waals surface area contributed by atoms with Crippen molar-refractivity contribution in [3.05, 3.63) is 24.0 Å². The second kappa shape index (κ2) is 8.30. The molecule has 0 aliphatic heterocycles. The van der Waals surface area contributed by atoms with Crippen LogP contribution in [0.25, 0.3) is 0 Å². The van der Waals surface area contributed by atoms with Gasteiger partial charge in [0.05, 0.1) is 0 Å². The van der Waals surface area contributed by atoms with E-state index in [0.29, 0.717) is 5.92 Å². The van der Waals surface area contributed by atoms with Gasteiger partial charge in [-0.15, -0.1) is 0 Å². The number of rotatable bonds is 7. The third kappa shape index (κ3) is 6.78. The third-order valence-corrected chi connectivity index (χ3v) is 7.98. The lowest BCUT2D eigenvalue weighted by atomic mass is 9.54. The van der Waals surface area contributed by atoms with E-state index < -0.39 is 10.1 Å². The Morgan fingerprint density at radius 1 is 0.931 bits per heavy atom. The quantitative estimate of drug-likeness (QED) is 0.479. The second-order valence-corrected chi connectivity index (χ2v) is 13.7. The van der Waals surface area contributed by atoms with Gasteiger partial charge in [0.15, 0.2) is 0 Å². The Morgan fingerprint density at radius 2 is 1.45 bits per heavy atom. The van der Waals surface area contributed by atoms with E-state index in [4.69, 9.17) is 0 Å². The first kappa shape index (κ1) is 26.1. The van der Waals surface area contributed by atoms with E-state index >= 15 is 0 Å². The molecule has 1 rings (SSSR count). The summed E-state index contributed by atoms with van der Waals surface area (Å²) in [5.41, 5.74) is 1.18. The normalized spacial score (nSPS) is 16.6. The number of pyridine rings is 1. The predicted molar refractivity (Wildman–Crippen MR) is 122 cm³/mol. The summed E-state index contributed by atoms with van der Waals surface area (Å²) in [5, 5.41) is 0. The first-order chi connectivity index (χ1) is 12.7. The summed E-state index contributed by atoms with van der Waals surface area (Å²) in [6, 6.07) is 3.23. The molecule has 0 aliphatic rings. The number of hydrogen-bond acceptors (Lipinski definition) is 3. The third-order valence-electron chi connectivity index (χ3n) is 7.14. The fraction of sp³-hybridized carbons (Fsp3) is 0.792. The van der Waals surface area contributed by atoms with Crippen LogP contribution in [0.5, 0.6) is 0 Å². The van der Waals surface area contributed by atoms with Crippen LogP contribution < -0.4 is 0 Å². The molecule has 0 fully saturated rings. The van der Waals surface area contributed by atoms with Crippen LogP contribution in [0.3, 0.4) is 0 Å². The molecule has 1 aromatic rings. The topological polar surface area (TPSA) is 67.3 Å². The lowest BCUT2D eigenvalue weighted by Gasteiger charge is -2.51. The van der Waals surface area contributed by atoms with Gasteiger partial charge in [0.1, 0.15) is 4.90 Å². The van der Waals surface area contributed by atoms with Crippen LogP contribution in [0.2, 0.25) is 0 Å². The maximum atomic E-state index is 11.4. The zero-order chi connectivity index (χ0) is 23.1. The molecule has 0 spiro atoms. The van der Waals surface area contributed by atoms with Crippen LogP contribution in [-0.4, -0.2) is 18.0 Å². The zero-order valence-electron chi connectivity index (χ0n) is 20.4. The first-order valence-corrected chi connectivity index (χ1v) is 12.1. The van der Waals surface area contributed by atoms with Gasteiger partial charge >= 0.3 is 0 Å². The van der Waals surface area contributed by atoms with E-state index in [0.717, 1.165) is 18.5 Å². The molecule has 0 saturated carbocycles. The predicted octanol–water partition coefficient (Wildman–Crippen LogP) is 6.97. The van der Waals surface area contributed by atoms with Crippen molar-refractivity contribution in [2.24, 2.45) is 27.6 Å². The fourth-order valence-electron chi connectivity index (χ4n) is 3.90. The van der Waals surface area contributed by atoms with Crippen molar-refractivity contribution in [2.45, 2.75) is 99.8 Å². The highest BCUT2D eigenvalue weighted by Gasteiger charge is 2.46.